The van der Waals surface area contributed by atoms with Crippen molar-refractivity contribution in [2.45, 2.75) is 25.4 Å². The van der Waals surface area contributed by atoms with Crippen LogP contribution in [0.25, 0.3) is 0 Å². The number of hydrogen-bond donors (Lipinski definition) is 2. The van der Waals surface area contributed by atoms with E-state index in [0.29, 0.717) is 18.3 Å². The van der Waals surface area contributed by atoms with E-state index in [-0.39, 0.29) is 12.0 Å². The average Bonchev–Trinajstić information content (AvgIpc) is 2.66. The number of carboxylic acids is 1. The van der Waals surface area contributed by atoms with Crippen LogP contribution in [-0.2, 0) is 4.79 Å². The number of carbonyl (C=O) groups is 1. The fourth-order valence-corrected chi connectivity index (χ4v) is 2.14. The molecule has 0 aromatic heterocycles. The van der Waals surface area contributed by atoms with Crippen LogP contribution in [-0.4, -0.2) is 22.3 Å². The van der Waals surface area contributed by atoms with E-state index >= 15 is 0 Å². The van der Waals surface area contributed by atoms with Crippen molar-refractivity contribution >= 4 is 5.97 Å². The number of aliphatic hydroxyl groups is 1. The molecule has 2 saturated carbocycles. The SMILES string of the molecule is O=C(O)C1CC(O)C2CC2C1. The van der Waals surface area contributed by atoms with Crippen LogP contribution in [0.15, 0.2) is 0 Å². The molecule has 2 N–H and O–H groups in total. The predicted molar refractivity (Wildman–Crippen MR) is 38.0 cm³/mol. The highest BCUT2D eigenvalue weighted by Crippen LogP contribution is 2.51. The summed E-state index contributed by atoms with van der Waals surface area (Å²) in [6, 6.07) is 0. The van der Waals surface area contributed by atoms with Gasteiger partial charge in [0.15, 0.2) is 0 Å². The van der Waals surface area contributed by atoms with Gasteiger partial charge >= 0.3 is 5.97 Å². The molecule has 0 amide bonds. The Bertz CT molecular complexity index is 190. The molecule has 0 aliphatic heterocycles. The zero-order valence-corrected chi connectivity index (χ0v) is 6.23. The molecule has 62 valence electrons. The Morgan fingerprint density at radius 2 is 2.00 bits per heavy atom. The van der Waals surface area contributed by atoms with Crippen molar-refractivity contribution in [2.75, 3.05) is 0 Å². The number of aliphatic carboxylic acids is 1. The molecule has 0 saturated heterocycles. The summed E-state index contributed by atoms with van der Waals surface area (Å²) in [5.41, 5.74) is 0. The van der Waals surface area contributed by atoms with Crippen LogP contribution < -0.4 is 0 Å². The maximum atomic E-state index is 10.6. The molecule has 0 aromatic rings. The van der Waals surface area contributed by atoms with Crippen LogP contribution in [0.5, 0.6) is 0 Å². The average molecular weight is 156 g/mol. The van der Waals surface area contributed by atoms with Gasteiger partial charge in [-0.25, -0.2) is 0 Å². The van der Waals surface area contributed by atoms with Gasteiger partial charge in [0, 0.05) is 0 Å². The molecule has 4 atom stereocenters. The van der Waals surface area contributed by atoms with E-state index in [9.17, 15) is 9.90 Å². The van der Waals surface area contributed by atoms with Gasteiger partial charge in [0.1, 0.15) is 0 Å². The van der Waals surface area contributed by atoms with Gasteiger partial charge in [-0.3, -0.25) is 4.79 Å². The molecule has 2 fully saturated rings. The van der Waals surface area contributed by atoms with Gasteiger partial charge in [-0.2, -0.15) is 0 Å². The first-order valence-corrected chi connectivity index (χ1v) is 4.09. The van der Waals surface area contributed by atoms with Crippen molar-refractivity contribution in [3.8, 4) is 0 Å². The molecule has 11 heavy (non-hydrogen) atoms. The van der Waals surface area contributed by atoms with Crippen molar-refractivity contribution < 1.29 is 15.0 Å². The summed E-state index contributed by atoms with van der Waals surface area (Å²) in [5, 5.41) is 18.1. The third-order valence-corrected chi connectivity index (χ3v) is 2.93. The number of aliphatic hydroxyl groups excluding tert-OH is 1. The Morgan fingerprint density at radius 1 is 1.27 bits per heavy atom. The topological polar surface area (TPSA) is 57.5 Å². The van der Waals surface area contributed by atoms with Gasteiger partial charge in [-0.1, -0.05) is 0 Å². The summed E-state index contributed by atoms with van der Waals surface area (Å²) in [6.45, 7) is 0. The van der Waals surface area contributed by atoms with Crippen LogP contribution in [0.3, 0.4) is 0 Å². The fraction of sp³-hybridized carbons (Fsp3) is 0.875. The summed E-state index contributed by atoms with van der Waals surface area (Å²) in [7, 11) is 0. The van der Waals surface area contributed by atoms with Crippen LogP contribution in [0.2, 0.25) is 0 Å². The van der Waals surface area contributed by atoms with Crippen molar-refractivity contribution in [3.63, 3.8) is 0 Å². The summed E-state index contributed by atoms with van der Waals surface area (Å²) >= 11 is 0. The Morgan fingerprint density at radius 3 is 2.55 bits per heavy atom. The Kier molecular flexibility index (Phi) is 1.42. The number of fused-ring (bicyclic) bond motifs is 1. The maximum Gasteiger partial charge on any atom is 0.306 e. The smallest absolute Gasteiger partial charge is 0.306 e. The zero-order valence-electron chi connectivity index (χ0n) is 6.23. The van der Waals surface area contributed by atoms with Gasteiger partial charge in [0.25, 0.3) is 0 Å². The first-order valence-electron chi connectivity index (χ1n) is 4.09. The molecule has 4 unspecified atom stereocenters. The summed E-state index contributed by atoms with van der Waals surface area (Å²) in [4.78, 5) is 10.6. The van der Waals surface area contributed by atoms with E-state index in [0.717, 1.165) is 12.8 Å². The molecule has 0 radical (unpaired) electrons. The summed E-state index contributed by atoms with van der Waals surface area (Å²) < 4.78 is 0. The molecule has 0 heterocycles. The second-order valence-electron chi connectivity index (χ2n) is 3.73. The second-order valence-corrected chi connectivity index (χ2v) is 3.73. The van der Waals surface area contributed by atoms with E-state index in [1.807, 2.05) is 0 Å². The lowest BCUT2D eigenvalue weighted by molar-refractivity contribution is -0.144. The third kappa shape index (κ3) is 1.13. The fourth-order valence-electron chi connectivity index (χ4n) is 2.14. The van der Waals surface area contributed by atoms with Crippen LogP contribution in [0.4, 0.5) is 0 Å². The van der Waals surface area contributed by atoms with E-state index < -0.39 is 5.97 Å². The van der Waals surface area contributed by atoms with Gasteiger partial charge < -0.3 is 10.2 Å². The van der Waals surface area contributed by atoms with Crippen molar-refractivity contribution in [3.05, 3.63) is 0 Å². The zero-order chi connectivity index (χ0) is 8.01. The quantitative estimate of drug-likeness (QED) is 0.580. The molecule has 2 rings (SSSR count). The molecular formula is C8H12O3. The lowest BCUT2D eigenvalue weighted by atomic mass is 9.87. The van der Waals surface area contributed by atoms with Crippen molar-refractivity contribution in [1.29, 1.82) is 0 Å². The van der Waals surface area contributed by atoms with E-state index in [1.165, 1.54) is 0 Å². The Balaban J connectivity index is 2.00. The first-order chi connectivity index (χ1) is 5.18. The number of rotatable bonds is 1. The summed E-state index contributed by atoms with van der Waals surface area (Å²) in [6.07, 6.45) is 1.97. The molecule has 0 spiro atoms. The highest BCUT2D eigenvalue weighted by molar-refractivity contribution is 5.70. The maximum absolute atomic E-state index is 10.6. The van der Waals surface area contributed by atoms with Gasteiger partial charge in [0.05, 0.1) is 12.0 Å². The Hall–Kier alpha value is -0.570. The monoisotopic (exact) mass is 156 g/mol. The van der Waals surface area contributed by atoms with Gasteiger partial charge in [0.2, 0.25) is 0 Å². The largest absolute Gasteiger partial charge is 0.481 e. The van der Waals surface area contributed by atoms with Crippen molar-refractivity contribution in [2.24, 2.45) is 17.8 Å². The summed E-state index contributed by atoms with van der Waals surface area (Å²) in [5.74, 6) is -0.0754. The van der Waals surface area contributed by atoms with E-state index in [4.69, 9.17) is 5.11 Å². The highest BCUT2D eigenvalue weighted by Gasteiger charge is 2.49. The molecule has 3 nitrogen and oxygen atoms in total. The minimum Gasteiger partial charge on any atom is -0.481 e. The van der Waals surface area contributed by atoms with Gasteiger partial charge in [-0.15, -0.1) is 0 Å². The number of hydrogen-bond acceptors (Lipinski definition) is 2. The van der Waals surface area contributed by atoms with Crippen molar-refractivity contribution in [1.82, 2.24) is 0 Å². The molecular weight excluding hydrogens is 144 g/mol. The minimum atomic E-state index is -0.741. The third-order valence-electron chi connectivity index (χ3n) is 2.93. The standard InChI is InChI=1S/C8H12O3/c9-7-3-5(8(10)11)1-4-2-6(4)7/h4-7,9H,1-3H2,(H,10,11). The molecule has 0 aromatic carbocycles. The lowest BCUT2D eigenvalue weighted by Gasteiger charge is -2.21. The molecule has 2 aliphatic rings. The molecule has 3 heteroatoms. The van der Waals surface area contributed by atoms with Gasteiger partial charge in [-0.05, 0) is 31.1 Å². The predicted octanol–water partition coefficient (Wildman–Crippen LogP) is 0.478. The molecule has 0 bridgehead atoms. The Labute approximate surface area is 65.0 Å². The highest BCUT2D eigenvalue weighted by atomic mass is 16.4. The minimum absolute atomic E-state index is 0.284. The van der Waals surface area contributed by atoms with E-state index in [1.54, 1.807) is 0 Å². The lowest BCUT2D eigenvalue weighted by Crippen LogP contribution is -2.27. The van der Waals surface area contributed by atoms with Crippen LogP contribution in [0.1, 0.15) is 19.3 Å². The van der Waals surface area contributed by atoms with E-state index in [2.05, 4.69) is 0 Å². The van der Waals surface area contributed by atoms with Crippen LogP contribution >= 0.6 is 0 Å². The second kappa shape index (κ2) is 2.21. The molecule has 2 aliphatic carbocycles. The van der Waals surface area contributed by atoms with Crippen LogP contribution in [0, 0.1) is 17.8 Å². The normalized spacial score (nSPS) is 48.1. The number of carboxylic acid groups (broad SMARTS) is 1. The first kappa shape index (κ1) is 7.10.